The summed E-state index contributed by atoms with van der Waals surface area (Å²) >= 11 is 0. The summed E-state index contributed by atoms with van der Waals surface area (Å²) in [5.74, 6) is 1.63. The lowest BCUT2D eigenvalue weighted by atomic mass is 10.1. The molecule has 1 aromatic heterocycles. The largest absolute Gasteiger partial charge is 0.484 e. The fourth-order valence-electron chi connectivity index (χ4n) is 3.10. The smallest absolute Gasteiger partial charge is 0.258 e. The van der Waals surface area contributed by atoms with Crippen LogP contribution in [0.1, 0.15) is 17.6 Å². The summed E-state index contributed by atoms with van der Waals surface area (Å²) in [4.78, 5) is 26.3. The van der Waals surface area contributed by atoms with Gasteiger partial charge in [0, 0.05) is 19.6 Å². The van der Waals surface area contributed by atoms with E-state index >= 15 is 0 Å². The summed E-state index contributed by atoms with van der Waals surface area (Å²) < 4.78 is 16.6. The lowest BCUT2D eigenvalue weighted by Gasteiger charge is -2.33. The number of ether oxygens (including phenoxy) is 2. The first kappa shape index (κ1) is 20.9. The Morgan fingerprint density at radius 1 is 1.07 bits per heavy atom. The van der Waals surface area contributed by atoms with E-state index in [4.69, 9.17) is 13.9 Å². The summed E-state index contributed by atoms with van der Waals surface area (Å²) in [6.07, 6.45) is 0. The van der Waals surface area contributed by atoms with Crippen LogP contribution in [0.15, 0.2) is 46.9 Å². The van der Waals surface area contributed by atoms with E-state index in [2.05, 4.69) is 15.5 Å². The first-order chi connectivity index (χ1) is 14.1. The van der Waals surface area contributed by atoms with Crippen molar-refractivity contribution in [1.29, 1.82) is 0 Å². The average Bonchev–Trinajstić information content (AvgIpc) is 3.18. The highest BCUT2D eigenvalue weighted by Crippen LogP contribution is 2.23. The summed E-state index contributed by atoms with van der Waals surface area (Å²) in [5.41, 5.74) is 0. The second kappa shape index (κ2) is 10.6. The molecule has 156 valence electrons. The number of furan rings is 1. The molecule has 1 aliphatic heterocycles. The zero-order chi connectivity index (χ0) is 20.5. The van der Waals surface area contributed by atoms with Gasteiger partial charge in [0.1, 0.15) is 17.3 Å². The van der Waals surface area contributed by atoms with E-state index in [-0.39, 0.29) is 31.0 Å². The molecule has 0 saturated carbocycles. The Morgan fingerprint density at radius 3 is 2.52 bits per heavy atom. The summed E-state index contributed by atoms with van der Waals surface area (Å²) in [6.45, 7) is 4.89. The quantitative estimate of drug-likeness (QED) is 0.657. The van der Waals surface area contributed by atoms with E-state index in [1.54, 1.807) is 12.1 Å². The van der Waals surface area contributed by atoms with Crippen LogP contribution in [0.25, 0.3) is 0 Å². The number of carbonyl (C=O) groups excluding carboxylic acids is 2. The Labute approximate surface area is 170 Å². The van der Waals surface area contributed by atoms with Gasteiger partial charge in [-0.2, -0.15) is 0 Å². The number of hydrogen-bond acceptors (Lipinski definition) is 6. The van der Waals surface area contributed by atoms with Gasteiger partial charge in [0.2, 0.25) is 5.91 Å². The Bertz CT molecular complexity index is 787. The van der Waals surface area contributed by atoms with Gasteiger partial charge in [-0.25, -0.2) is 0 Å². The van der Waals surface area contributed by atoms with Crippen LogP contribution in [0.3, 0.4) is 0 Å². The first-order valence-corrected chi connectivity index (χ1v) is 9.71. The highest BCUT2D eigenvalue weighted by atomic mass is 16.5. The van der Waals surface area contributed by atoms with E-state index in [0.717, 1.165) is 24.6 Å². The van der Waals surface area contributed by atoms with Crippen LogP contribution in [0.5, 0.6) is 5.75 Å². The molecule has 1 aromatic carbocycles. The second-order valence-corrected chi connectivity index (χ2v) is 6.80. The third-order valence-electron chi connectivity index (χ3n) is 4.63. The molecule has 2 amide bonds. The number of para-hydroxylation sites is 1. The van der Waals surface area contributed by atoms with E-state index in [9.17, 15) is 9.59 Å². The van der Waals surface area contributed by atoms with Gasteiger partial charge in [0.25, 0.3) is 5.91 Å². The predicted molar refractivity (Wildman–Crippen MR) is 107 cm³/mol. The number of rotatable bonds is 9. The van der Waals surface area contributed by atoms with Gasteiger partial charge in [0.05, 0.1) is 25.8 Å². The van der Waals surface area contributed by atoms with Gasteiger partial charge in [-0.05, 0) is 31.2 Å². The number of aryl methyl sites for hydroxylation is 1. The Balaban J connectivity index is 1.43. The lowest BCUT2D eigenvalue weighted by molar-refractivity contribution is -0.127. The minimum Gasteiger partial charge on any atom is -0.484 e. The molecule has 29 heavy (non-hydrogen) atoms. The maximum Gasteiger partial charge on any atom is 0.258 e. The minimum absolute atomic E-state index is 0.0753. The number of nitrogens with one attached hydrogen (secondary N) is 2. The highest BCUT2D eigenvalue weighted by Gasteiger charge is 2.25. The third kappa shape index (κ3) is 6.62. The summed E-state index contributed by atoms with van der Waals surface area (Å²) in [6, 6.07) is 12.8. The molecule has 0 radical (unpaired) electrons. The van der Waals surface area contributed by atoms with Crippen LogP contribution < -0.4 is 15.4 Å². The fraction of sp³-hybridized carbons (Fsp3) is 0.429. The van der Waals surface area contributed by atoms with Gasteiger partial charge < -0.3 is 24.5 Å². The SMILES string of the molecule is Cc1ccc([C@@H](CNC(=O)CNC(=O)COc2ccccc2)N2CCOCC2)o1. The van der Waals surface area contributed by atoms with Gasteiger partial charge in [-0.1, -0.05) is 18.2 Å². The van der Waals surface area contributed by atoms with E-state index in [1.165, 1.54) is 0 Å². The third-order valence-corrected chi connectivity index (χ3v) is 4.63. The van der Waals surface area contributed by atoms with Crippen molar-refractivity contribution in [2.45, 2.75) is 13.0 Å². The Morgan fingerprint density at radius 2 is 1.83 bits per heavy atom. The van der Waals surface area contributed by atoms with Crippen LogP contribution >= 0.6 is 0 Å². The van der Waals surface area contributed by atoms with Crippen molar-refractivity contribution in [3.8, 4) is 5.75 Å². The molecule has 1 fully saturated rings. The molecular weight excluding hydrogens is 374 g/mol. The normalized spacial score (nSPS) is 15.5. The zero-order valence-electron chi connectivity index (χ0n) is 16.6. The average molecular weight is 401 g/mol. The predicted octanol–water partition coefficient (Wildman–Crippen LogP) is 1.27. The molecule has 0 spiro atoms. The van der Waals surface area contributed by atoms with Crippen molar-refractivity contribution in [3.63, 3.8) is 0 Å². The van der Waals surface area contributed by atoms with Crippen molar-refractivity contribution in [2.75, 3.05) is 46.0 Å². The number of carbonyl (C=O) groups is 2. The molecule has 0 bridgehead atoms. The number of benzene rings is 1. The summed E-state index contributed by atoms with van der Waals surface area (Å²) in [7, 11) is 0. The van der Waals surface area contributed by atoms with E-state index < -0.39 is 0 Å². The van der Waals surface area contributed by atoms with Crippen molar-refractivity contribution < 1.29 is 23.5 Å². The molecule has 1 atom stereocenters. The van der Waals surface area contributed by atoms with Gasteiger partial charge in [-0.15, -0.1) is 0 Å². The lowest BCUT2D eigenvalue weighted by Crippen LogP contribution is -2.45. The minimum atomic E-state index is -0.351. The van der Waals surface area contributed by atoms with Crippen LogP contribution in [-0.4, -0.2) is 62.7 Å². The van der Waals surface area contributed by atoms with Crippen LogP contribution in [0.4, 0.5) is 0 Å². The fourth-order valence-corrected chi connectivity index (χ4v) is 3.10. The molecule has 0 aliphatic carbocycles. The molecule has 8 heteroatoms. The monoisotopic (exact) mass is 401 g/mol. The molecule has 2 heterocycles. The maximum atomic E-state index is 12.2. The highest BCUT2D eigenvalue weighted by molar-refractivity contribution is 5.85. The van der Waals surface area contributed by atoms with Gasteiger partial charge in [0.15, 0.2) is 6.61 Å². The second-order valence-electron chi connectivity index (χ2n) is 6.80. The Hall–Kier alpha value is -2.84. The molecule has 8 nitrogen and oxygen atoms in total. The zero-order valence-corrected chi connectivity index (χ0v) is 16.6. The van der Waals surface area contributed by atoms with Crippen LogP contribution in [0, 0.1) is 6.92 Å². The van der Waals surface area contributed by atoms with Crippen LogP contribution in [-0.2, 0) is 14.3 Å². The Kier molecular flexibility index (Phi) is 7.66. The van der Waals surface area contributed by atoms with E-state index in [1.807, 2.05) is 37.3 Å². The van der Waals surface area contributed by atoms with Crippen molar-refractivity contribution >= 4 is 11.8 Å². The van der Waals surface area contributed by atoms with E-state index in [0.29, 0.717) is 25.5 Å². The maximum absolute atomic E-state index is 12.2. The molecule has 1 aliphatic rings. The molecule has 3 rings (SSSR count). The first-order valence-electron chi connectivity index (χ1n) is 9.71. The molecule has 0 unspecified atom stereocenters. The van der Waals surface area contributed by atoms with Crippen molar-refractivity contribution in [3.05, 3.63) is 54.0 Å². The topological polar surface area (TPSA) is 93.0 Å². The van der Waals surface area contributed by atoms with Crippen LogP contribution in [0.2, 0.25) is 0 Å². The number of morpholine rings is 1. The molecule has 2 N–H and O–H groups in total. The molecular formula is C21H27N3O5. The van der Waals surface area contributed by atoms with Gasteiger partial charge >= 0.3 is 0 Å². The molecule has 1 saturated heterocycles. The standard InChI is InChI=1S/C21H27N3O5/c1-16-7-8-19(29-16)18(24-9-11-27-12-10-24)13-22-20(25)14-23-21(26)15-28-17-5-3-2-4-6-17/h2-8,18H,9-15H2,1H3,(H,22,25)(H,23,26)/t18-/m1/s1. The van der Waals surface area contributed by atoms with Gasteiger partial charge in [-0.3, -0.25) is 14.5 Å². The van der Waals surface area contributed by atoms with Crippen molar-refractivity contribution in [2.24, 2.45) is 0 Å². The summed E-state index contributed by atoms with van der Waals surface area (Å²) in [5, 5.41) is 5.45. The number of hydrogen-bond donors (Lipinski definition) is 2. The number of amides is 2. The number of nitrogens with zero attached hydrogens (tertiary/aromatic N) is 1. The molecule has 2 aromatic rings. The van der Waals surface area contributed by atoms with Crippen molar-refractivity contribution in [1.82, 2.24) is 15.5 Å².